The normalized spacial score (nSPS) is 28.3. The predicted octanol–water partition coefficient (Wildman–Crippen LogP) is 4.11. The van der Waals surface area contributed by atoms with Crippen molar-refractivity contribution in [2.24, 2.45) is 23.7 Å². The van der Waals surface area contributed by atoms with Gasteiger partial charge in [-0.1, -0.05) is 38.1 Å². The molecule has 3 unspecified atom stereocenters. The highest BCUT2D eigenvalue weighted by Crippen LogP contribution is 2.54. The number of benzene rings is 1. The van der Waals surface area contributed by atoms with Gasteiger partial charge in [0.2, 0.25) is 5.91 Å². The lowest BCUT2D eigenvalue weighted by atomic mass is 9.98. The molecular formula is C19H27NO. The maximum absolute atomic E-state index is 12.3. The van der Waals surface area contributed by atoms with Crippen molar-refractivity contribution >= 4 is 5.91 Å². The average molecular weight is 285 g/mol. The molecule has 0 aliphatic heterocycles. The lowest BCUT2D eigenvalue weighted by Crippen LogP contribution is -2.32. The summed E-state index contributed by atoms with van der Waals surface area (Å²) in [5.41, 5.74) is 2.59. The molecule has 2 aliphatic rings. The zero-order valence-corrected chi connectivity index (χ0v) is 13.4. The molecule has 1 aromatic rings. The number of carbonyl (C=O) groups excluding carboxylic acids is 1. The van der Waals surface area contributed by atoms with Gasteiger partial charge in [-0.25, -0.2) is 0 Å². The molecule has 2 heteroatoms. The third-order valence-electron chi connectivity index (χ3n) is 5.10. The molecule has 0 radical (unpaired) electrons. The summed E-state index contributed by atoms with van der Waals surface area (Å²) in [6.45, 7) is 6.57. The van der Waals surface area contributed by atoms with E-state index in [1.54, 1.807) is 0 Å². The molecule has 3 atom stereocenters. The molecule has 1 N–H and O–H groups in total. The van der Waals surface area contributed by atoms with E-state index >= 15 is 0 Å². The topological polar surface area (TPSA) is 29.1 Å². The number of hydrogen-bond donors (Lipinski definition) is 1. The highest BCUT2D eigenvalue weighted by atomic mass is 16.1. The Morgan fingerprint density at radius 1 is 1.10 bits per heavy atom. The first-order valence-corrected chi connectivity index (χ1v) is 8.42. The van der Waals surface area contributed by atoms with Crippen molar-refractivity contribution in [2.45, 2.75) is 52.5 Å². The molecule has 114 valence electrons. The molecule has 0 bridgehead atoms. The van der Waals surface area contributed by atoms with Crippen molar-refractivity contribution in [2.75, 3.05) is 0 Å². The van der Waals surface area contributed by atoms with Crippen LogP contribution in [0.15, 0.2) is 24.3 Å². The Morgan fingerprint density at radius 3 is 2.29 bits per heavy atom. The largest absolute Gasteiger partial charge is 0.349 e. The van der Waals surface area contributed by atoms with Crippen LogP contribution in [0.1, 0.15) is 57.2 Å². The van der Waals surface area contributed by atoms with Crippen LogP contribution in [0.4, 0.5) is 0 Å². The molecule has 1 amide bonds. The quantitative estimate of drug-likeness (QED) is 0.866. The Balaban J connectivity index is 1.54. The fourth-order valence-corrected chi connectivity index (χ4v) is 3.76. The molecule has 0 heterocycles. The van der Waals surface area contributed by atoms with E-state index in [-0.39, 0.29) is 17.9 Å². The van der Waals surface area contributed by atoms with Crippen LogP contribution in [0, 0.1) is 23.7 Å². The molecule has 2 fully saturated rings. The van der Waals surface area contributed by atoms with Crippen LogP contribution in [0.25, 0.3) is 0 Å². The van der Waals surface area contributed by atoms with Crippen LogP contribution in [0.2, 0.25) is 0 Å². The van der Waals surface area contributed by atoms with Gasteiger partial charge in [0.05, 0.1) is 6.04 Å². The van der Waals surface area contributed by atoms with Gasteiger partial charge in [-0.3, -0.25) is 4.79 Å². The van der Waals surface area contributed by atoms with Crippen molar-refractivity contribution in [1.29, 1.82) is 0 Å². The van der Waals surface area contributed by atoms with E-state index in [4.69, 9.17) is 0 Å². The molecule has 2 saturated carbocycles. The van der Waals surface area contributed by atoms with Gasteiger partial charge in [0.1, 0.15) is 0 Å². The van der Waals surface area contributed by atoms with E-state index in [0.717, 1.165) is 31.1 Å². The lowest BCUT2D eigenvalue weighted by Gasteiger charge is -2.18. The lowest BCUT2D eigenvalue weighted by molar-refractivity contribution is -0.125. The van der Waals surface area contributed by atoms with Gasteiger partial charge in [0, 0.05) is 5.92 Å². The van der Waals surface area contributed by atoms with Crippen LogP contribution in [0.5, 0.6) is 0 Å². The van der Waals surface area contributed by atoms with Crippen molar-refractivity contribution < 1.29 is 4.79 Å². The van der Waals surface area contributed by atoms with E-state index in [0.29, 0.717) is 5.92 Å². The van der Waals surface area contributed by atoms with Crippen molar-refractivity contribution in [3.05, 3.63) is 35.4 Å². The van der Waals surface area contributed by atoms with Crippen LogP contribution in [0.3, 0.4) is 0 Å². The zero-order valence-electron chi connectivity index (χ0n) is 13.4. The molecule has 21 heavy (non-hydrogen) atoms. The van der Waals surface area contributed by atoms with Crippen LogP contribution in [-0.2, 0) is 11.2 Å². The number of carbonyl (C=O) groups is 1. The molecule has 0 saturated heterocycles. The molecular weight excluding hydrogens is 258 g/mol. The number of amides is 1. The van der Waals surface area contributed by atoms with Gasteiger partial charge in [0.25, 0.3) is 0 Å². The first-order valence-electron chi connectivity index (χ1n) is 8.42. The fraction of sp³-hybridized carbons (Fsp3) is 0.632. The maximum atomic E-state index is 12.3. The maximum Gasteiger partial charge on any atom is 0.223 e. The van der Waals surface area contributed by atoms with Crippen molar-refractivity contribution in [1.82, 2.24) is 5.32 Å². The zero-order chi connectivity index (χ0) is 15.0. The Kier molecular flexibility index (Phi) is 4.05. The van der Waals surface area contributed by atoms with Gasteiger partial charge in [-0.2, -0.15) is 0 Å². The van der Waals surface area contributed by atoms with Crippen molar-refractivity contribution in [3.8, 4) is 0 Å². The minimum absolute atomic E-state index is 0.113. The van der Waals surface area contributed by atoms with Crippen LogP contribution >= 0.6 is 0 Å². The molecule has 3 rings (SSSR count). The third-order valence-corrected chi connectivity index (χ3v) is 5.10. The van der Waals surface area contributed by atoms with Gasteiger partial charge in [-0.15, -0.1) is 0 Å². The average Bonchev–Trinajstić information content (AvgIpc) is 3.05. The number of fused-ring (bicyclic) bond motifs is 1. The van der Waals surface area contributed by atoms with Gasteiger partial charge < -0.3 is 5.32 Å². The smallest absolute Gasteiger partial charge is 0.223 e. The highest BCUT2D eigenvalue weighted by Gasteiger charge is 2.48. The standard InChI is InChI=1S/C19H27NO/c1-12(2)8-14-4-6-15(7-5-14)13(3)20-19(21)18-10-16-9-17(16)11-18/h4-7,12-13,16-18H,8-11H2,1-3H3,(H,20,21). The molecule has 2 nitrogen and oxygen atoms in total. The predicted molar refractivity (Wildman–Crippen MR) is 85.9 cm³/mol. The summed E-state index contributed by atoms with van der Waals surface area (Å²) in [5, 5.41) is 3.20. The minimum Gasteiger partial charge on any atom is -0.349 e. The van der Waals surface area contributed by atoms with Crippen molar-refractivity contribution in [3.63, 3.8) is 0 Å². The SMILES string of the molecule is CC(C)Cc1ccc(C(C)NC(=O)C2CC3CC3C2)cc1. The molecule has 2 aliphatic carbocycles. The fourth-order valence-electron chi connectivity index (χ4n) is 3.76. The Labute approximate surface area is 128 Å². The van der Waals surface area contributed by atoms with E-state index in [9.17, 15) is 4.79 Å². The Hall–Kier alpha value is -1.31. The van der Waals surface area contributed by atoms with E-state index in [2.05, 4.69) is 50.4 Å². The summed E-state index contributed by atoms with van der Waals surface area (Å²) in [4.78, 5) is 12.3. The first-order chi connectivity index (χ1) is 10.0. The summed E-state index contributed by atoms with van der Waals surface area (Å²) in [5.74, 6) is 2.96. The minimum atomic E-state index is 0.113. The Bertz CT molecular complexity index is 495. The number of rotatable bonds is 5. The molecule has 0 spiro atoms. The third kappa shape index (κ3) is 3.48. The second kappa shape index (κ2) is 5.82. The summed E-state index contributed by atoms with van der Waals surface area (Å²) in [6.07, 6.45) is 4.73. The first kappa shape index (κ1) is 14.6. The monoisotopic (exact) mass is 285 g/mol. The summed E-state index contributed by atoms with van der Waals surface area (Å²) >= 11 is 0. The van der Waals surface area contributed by atoms with Gasteiger partial charge in [-0.05, 0) is 61.5 Å². The summed E-state index contributed by atoms with van der Waals surface area (Å²) in [7, 11) is 0. The van der Waals surface area contributed by atoms with Gasteiger partial charge in [0.15, 0.2) is 0 Å². The Morgan fingerprint density at radius 2 is 1.71 bits per heavy atom. The highest BCUT2D eigenvalue weighted by molar-refractivity contribution is 5.79. The molecule has 1 aromatic carbocycles. The summed E-state index contributed by atoms with van der Waals surface area (Å²) in [6, 6.07) is 8.83. The number of nitrogens with one attached hydrogen (secondary N) is 1. The van der Waals surface area contributed by atoms with Crippen LogP contribution < -0.4 is 5.32 Å². The number of hydrogen-bond acceptors (Lipinski definition) is 1. The summed E-state index contributed by atoms with van der Waals surface area (Å²) < 4.78 is 0. The van der Waals surface area contributed by atoms with Crippen LogP contribution in [-0.4, -0.2) is 5.91 Å². The second-order valence-electron chi connectivity index (χ2n) is 7.49. The van der Waals surface area contributed by atoms with E-state index < -0.39 is 0 Å². The van der Waals surface area contributed by atoms with E-state index in [1.165, 1.54) is 17.5 Å². The van der Waals surface area contributed by atoms with Gasteiger partial charge >= 0.3 is 0 Å². The second-order valence-corrected chi connectivity index (χ2v) is 7.49. The molecule has 0 aromatic heterocycles. The van der Waals surface area contributed by atoms with E-state index in [1.807, 2.05) is 0 Å².